The lowest BCUT2D eigenvalue weighted by atomic mass is 10.2. The summed E-state index contributed by atoms with van der Waals surface area (Å²) in [6.45, 7) is 0. The van der Waals surface area contributed by atoms with Crippen LogP contribution in [0.5, 0.6) is 0 Å². The first kappa shape index (κ1) is 15.3. The number of aromatic nitrogens is 5. The molecule has 0 radical (unpaired) electrons. The summed E-state index contributed by atoms with van der Waals surface area (Å²) in [6.07, 6.45) is 2.37. The third-order valence-electron chi connectivity index (χ3n) is 3.56. The summed E-state index contributed by atoms with van der Waals surface area (Å²) in [5.74, 6) is 2.62. The molecule has 1 saturated carbocycles. The van der Waals surface area contributed by atoms with Crippen molar-refractivity contribution in [1.29, 1.82) is 0 Å². The second-order valence-corrected chi connectivity index (χ2v) is 8.08. The first-order valence-corrected chi connectivity index (χ1v) is 9.60. The van der Waals surface area contributed by atoms with Gasteiger partial charge in [0, 0.05) is 14.9 Å². The van der Waals surface area contributed by atoms with Crippen molar-refractivity contribution < 1.29 is 0 Å². The molecule has 0 amide bonds. The van der Waals surface area contributed by atoms with E-state index in [2.05, 4.69) is 57.0 Å². The Kier molecular flexibility index (Phi) is 4.02. The molecular weight excluding hydrogens is 446 g/mol. The first-order chi connectivity index (χ1) is 11.1. The van der Waals surface area contributed by atoms with Crippen molar-refractivity contribution in [3.63, 3.8) is 0 Å². The number of nitrogens with zero attached hydrogens (tertiary/aromatic N) is 3. The fourth-order valence-electron chi connectivity index (χ4n) is 2.28. The minimum Gasteiger partial charge on any atom is -0.309 e. The predicted octanol–water partition coefficient (Wildman–Crippen LogP) is 3.74. The molecule has 1 aliphatic rings. The van der Waals surface area contributed by atoms with E-state index >= 15 is 0 Å². The van der Waals surface area contributed by atoms with Crippen molar-refractivity contribution >= 4 is 54.5 Å². The average Bonchev–Trinajstić information content (AvgIpc) is 3.25. The minimum absolute atomic E-state index is 0.152. The van der Waals surface area contributed by atoms with Crippen LogP contribution in [0.1, 0.15) is 30.4 Å². The van der Waals surface area contributed by atoms with E-state index in [1.54, 1.807) is 6.07 Å². The van der Waals surface area contributed by atoms with Gasteiger partial charge in [-0.15, -0.1) is 5.10 Å². The molecule has 1 fully saturated rings. The molecule has 3 aromatic rings. The molecule has 0 spiro atoms. The smallest absolute Gasteiger partial charge is 0.258 e. The number of fused-ring (bicyclic) bond motifs is 1. The van der Waals surface area contributed by atoms with Gasteiger partial charge in [-0.1, -0.05) is 27.7 Å². The van der Waals surface area contributed by atoms with Gasteiger partial charge in [0.05, 0.1) is 16.7 Å². The van der Waals surface area contributed by atoms with E-state index in [9.17, 15) is 4.79 Å². The maximum Gasteiger partial charge on any atom is 0.258 e. The molecule has 2 aromatic heterocycles. The second kappa shape index (κ2) is 6.03. The lowest BCUT2D eigenvalue weighted by Crippen LogP contribution is -2.11. The first-order valence-electron chi connectivity index (χ1n) is 7.03. The van der Waals surface area contributed by atoms with Crippen LogP contribution >= 0.6 is 43.6 Å². The monoisotopic (exact) mass is 455 g/mol. The van der Waals surface area contributed by atoms with Crippen molar-refractivity contribution in [2.45, 2.75) is 29.7 Å². The molecule has 1 aliphatic carbocycles. The molecule has 9 heteroatoms. The highest BCUT2D eigenvalue weighted by molar-refractivity contribution is 9.11. The van der Waals surface area contributed by atoms with Crippen molar-refractivity contribution in [2.75, 3.05) is 0 Å². The van der Waals surface area contributed by atoms with Crippen LogP contribution in [0.4, 0.5) is 0 Å². The molecule has 0 saturated heterocycles. The molecule has 1 aromatic carbocycles. The van der Waals surface area contributed by atoms with E-state index < -0.39 is 0 Å². The van der Waals surface area contributed by atoms with Crippen LogP contribution in [0.2, 0.25) is 0 Å². The largest absolute Gasteiger partial charge is 0.309 e. The van der Waals surface area contributed by atoms with Crippen LogP contribution in [0, 0.1) is 0 Å². The Bertz CT molecular complexity index is 950. The molecule has 0 atom stereocenters. The van der Waals surface area contributed by atoms with Crippen molar-refractivity contribution in [2.24, 2.45) is 0 Å². The average molecular weight is 457 g/mol. The van der Waals surface area contributed by atoms with Gasteiger partial charge >= 0.3 is 0 Å². The highest BCUT2D eigenvalue weighted by atomic mass is 79.9. The van der Waals surface area contributed by atoms with Gasteiger partial charge in [0.1, 0.15) is 11.6 Å². The number of benzene rings is 1. The fraction of sp³-hybridized carbons (Fsp3) is 0.286. The molecular formula is C14H11Br2N5OS. The van der Waals surface area contributed by atoms with E-state index in [-0.39, 0.29) is 5.56 Å². The summed E-state index contributed by atoms with van der Waals surface area (Å²) in [7, 11) is 0. The summed E-state index contributed by atoms with van der Waals surface area (Å²) >= 11 is 8.29. The zero-order valence-corrected chi connectivity index (χ0v) is 15.8. The van der Waals surface area contributed by atoms with Gasteiger partial charge in [-0.3, -0.25) is 9.89 Å². The molecule has 23 heavy (non-hydrogen) atoms. The van der Waals surface area contributed by atoms with Crippen LogP contribution in [-0.4, -0.2) is 25.1 Å². The highest BCUT2D eigenvalue weighted by Crippen LogP contribution is 2.38. The number of nitrogens with one attached hydrogen (secondary N) is 2. The van der Waals surface area contributed by atoms with Crippen LogP contribution < -0.4 is 5.56 Å². The SMILES string of the molecule is O=c1[nH]c(CSc2n[nH]c(C3CC3)n2)nc2c(Br)cc(Br)cc12. The van der Waals surface area contributed by atoms with Gasteiger partial charge in [0.25, 0.3) is 5.56 Å². The van der Waals surface area contributed by atoms with Gasteiger partial charge < -0.3 is 4.98 Å². The van der Waals surface area contributed by atoms with E-state index in [1.165, 1.54) is 24.6 Å². The maximum atomic E-state index is 12.2. The standard InChI is InChI=1S/C14H11Br2N5OS/c15-7-3-8-11(9(16)4-7)17-10(18-13(8)22)5-23-14-19-12(20-21-14)6-1-2-6/h3-4,6H,1-2,5H2,(H,17,18,22)(H,19,20,21). The Morgan fingerprint density at radius 1 is 1.26 bits per heavy atom. The predicted molar refractivity (Wildman–Crippen MR) is 95.7 cm³/mol. The van der Waals surface area contributed by atoms with E-state index in [0.717, 1.165) is 14.8 Å². The normalized spacial score (nSPS) is 14.5. The molecule has 0 aliphatic heterocycles. The van der Waals surface area contributed by atoms with Crippen molar-refractivity contribution in [3.05, 3.63) is 43.1 Å². The van der Waals surface area contributed by atoms with Gasteiger partial charge in [-0.05, 0) is 40.9 Å². The Balaban J connectivity index is 1.59. The second-order valence-electron chi connectivity index (χ2n) is 5.36. The zero-order valence-electron chi connectivity index (χ0n) is 11.8. The van der Waals surface area contributed by atoms with Gasteiger partial charge in [-0.2, -0.15) is 0 Å². The molecule has 0 unspecified atom stereocenters. The number of aromatic amines is 2. The van der Waals surface area contributed by atoms with Gasteiger partial charge in [0.2, 0.25) is 5.16 Å². The van der Waals surface area contributed by atoms with Crippen molar-refractivity contribution in [3.8, 4) is 0 Å². The quantitative estimate of drug-likeness (QED) is 0.584. The molecule has 0 bridgehead atoms. The number of H-pyrrole nitrogens is 2. The Morgan fingerprint density at radius 3 is 2.87 bits per heavy atom. The van der Waals surface area contributed by atoms with E-state index in [0.29, 0.717) is 33.6 Å². The van der Waals surface area contributed by atoms with Crippen LogP contribution in [0.3, 0.4) is 0 Å². The third-order valence-corrected chi connectivity index (χ3v) is 5.48. The van der Waals surface area contributed by atoms with E-state index in [1.807, 2.05) is 6.07 Å². The molecule has 118 valence electrons. The number of hydrogen-bond acceptors (Lipinski definition) is 5. The highest BCUT2D eigenvalue weighted by Gasteiger charge is 2.27. The number of thioether (sulfide) groups is 1. The molecule has 4 rings (SSSR count). The summed E-state index contributed by atoms with van der Waals surface area (Å²) in [6, 6.07) is 3.64. The van der Waals surface area contributed by atoms with Gasteiger partial charge in [0.15, 0.2) is 0 Å². The Labute approximate surface area is 152 Å². The molecule has 6 nitrogen and oxygen atoms in total. The topological polar surface area (TPSA) is 87.3 Å². The molecule has 2 N–H and O–H groups in total. The minimum atomic E-state index is -0.152. The van der Waals surface area contributed by atoms with E-state index in [4.69, 9.17) is 0 Å². The van der Waals surface area contributed by atoms with Crippen LogP contribution in [-0.2, 0) is 5.75 Å². The van der Waals surface area contributed by atoms with Crippen molar-refractivity contribution in [1.82, 2.24) is 25.1 Å². The Hall–Kier alpha value is -1.19. The summed E-state index contributed by atoms with van der Waals surface area (Å²) in [4.78, 5) is 24.1. The summed E-state index contributed by atoms with van der Waals surface area (Å²) in [5, 5.41) is 8.41. The fourth-order valence-corrected chi connectivity index (χ4v) is 4.27. The zero-order chi connectivity index (χ0) is 16.0. The maximum absolute atomic E-state index is 12.2. The lowest BCUT2D eigenvalue weighted by molar-refractivity contribution is 0.931. The Morgan fingerprint density at radius 2 is 2.09 bits per heavy atom. The molecule has 2 heterocycles. The number of halogens is 2. The van der Waals surface area contributed by atoms with Crippen LogP contribution in [0.15, 0.2) is 31.0 Å². The third kappa shape index (κ3) is 3.22. The summed E-state index contributed by atoms with van der Waals surface area (Å²) < 4.78 is 1.62. The summed E-state index contributed by atoms with van der Waals surface area (Å²) in [5.41, 5.74) is 0.502. The number of hydrogen-bond donors (Lipinski definition) is 2. The lowest BCUT2D eigenvalue weighted by Gasteiger charge is -2.04. The van der Waals surface area contributed by atoms with Crippen LogP contribution in [0.25, 0.3) is 10.9 Å². The number of rotatable bonds is 4. The van der Waals surface area contributed by atoms with Gasteiger partial charge in [-0.25, -0.2) is 9.97 Å².